The van der Waals surface area contributed by atoms with Crippen molar-refractivity contribution in [3.63, 3.8) is 0 Å². The van der Waals surface area contributed by atoms with E-state index in [9.17, 15) is 14.4 Å². The number of carbonyl (C=O) groups is 2. The van der Waals surface area contributed by atoms with Crippen molar-refractivity contribution in [1.82, 2.24) is 9.78 Å². The average Bonchev–Trinajstić information content (AvgIpc) is 3.19. The summed E-state index contributed by atoms with van der Waals surface area (Å²) in [6.07, 6.45) is 0. The Morgan fingerprint density at radius 2 is 1.50 bits per heavy atom. The van der Waals surface area contributed by atoms with Crippen molar-refractivity contribution < 1.29 is 18.7 Å². The van der Waals surface area contributed by atoms with Crippen molar-refractivity contribution in [3.05, 3.63) is 95.5 Å². The van der Waals surface area contributed by atoms with Crippen LogP contribution in [0.1, 0.15) is 0 Å². The number of hydrogen-bond acceptors (Lipinski definition) is 6. The summed E-state index contributed by atoms with van der Waals surface area (Å²) in [6.45, 7) is -0.969. The number of rotatable bonds is 7. The number of esters is 1. The molecule has 0 saturated heterocycles. The minimum atomic E-state index is -0.790. The molecule has 1 heterocycles. The zero-order chi connectivity index (χ0) is 22.3. The van der Waals surface area contributed by atoms with E-state index in [1.807, 2.05) is 48.5 Å². The van der Waals surface area contributed by atoms with Crippen LogP contribution in [-0.4, -0.2) is 28.3 Å². The molecule has 1 aromatic heterocycles. The molecule has 0 fully saturated rings. The monoisotopic (exact) mass is 429 g/mol. The van der Waals surface area contributed by atoms with Crippen LogP contribution in [0.4, 0.5) is 5.69 Å². The number of amides is 1. The maximum Gasteiger partial charge on any atom is 0.437 e. The Balaban J connectivity index is 1.35. The molecule has 3 aromatic carbocycles. The number of nitrogens with zero attached hydrogens (tertiary/aromatic N) is 2. The van der Waals surface area contributed by atoms with Gasteiger partial charge in [0.05, 0.1) is 0 Å². The van der Waals surface area contributed by atoms with E-state index in [1.165, 1.54) is 0 Å². The molecule has 160 valence electrons. The van der Waals surface area contributed by atoms with Crippen molar-refractivity contribution in [2.45, 2.75) is 6.54 Å². The van der Waals surface area contributed by atoms with E-state index >= 15 is 0 Å². The zero-order valence-corrected chi connectivity index (χ0v) is 16.9. The Labute approximate surface area is 183 Å². The van der Waals surface area contributed by atoms with Gasteiger partial charge < -0.3 is 14.5 Å². The van der Waals surface area contributed by atoms with E-state index in [0.717, 1.165) is 15.8 Å². The summed E-state index contributed by atoms with van der Waals surface area (Å²) < 4.78 is 10.9. The molecule has 4 rings (SSSR count). The Bertz CT molecular complexity index is 1280. The van der Waals surface area contributed by atoms with Crippen LogP contribution >= 0.6 is 0 Å². The molecule has 32 heavy (non-hydrogen) atoms. The molecule has 0 unspecified atom stereocenters. The highest BCUT2D eigenvalue weighted by Crippen LogP contribution is 2.27. The number of anilines is 1. The highest BCUT2D eigenvalue weighted by Gasteiger charge is 2.15. The summed E-state index contributed by atoms with van der Waals surface area (Å²) in [4.78, 5) is 36.4. The number of hydrogen-bond donors (Lipinski definition) is 1. The molecular formula is C24H19N3O5. The number of nitrogens with one attached hydrogen (secondary N) is 1. The first-order valence-corrected chi connectivity index (χ1v) is 9.83. The third kappa shape index (κ3) is 4.99. The van der Waals surface area contributed by atoms with Gasteiger partial charge in [-0.1, -0.05) is 66.7 Å². The summed E-state index contributed by atoms with van der Waals surface area (Å²) in [6, 6.07) is 25.7. The number of ether oxygens (including phenoxy) is 1. The summed E-state index contributed by atoms with van der Waals surface area (Å²) >= 11 is 0. The third-order valence-corrected chi connectivity index (χ3v) is 4.56. The first-order valence-electron chi connectivity index (χ1n) is 9.83. The molecule has 1 N–H and O–H groups in total. The van der Waals surface area contributed by atoms with E-state index in [2.05, 4.69) is 10.4 Å². The lowest BCUT2D eigenvalue weighted by atomic mass is 10.0. The standard InChI is InChI=1S/C24H19N3O5/c28-21(25-20-14-8-7-13-19(20)17-9-3-1-4-10-17)16-31-22(29)15-27-24(30)32-23(26-27)18-11-5-2-6-12-18/h1-14H,15-16H2,(H,25,28). The van der Waals surface area contributed by atoms with Gasteiger partial charge >= 0.3 is 11.7 Å². The molecule has 0 bridgehead atoms. The smallest absolute Gasteiger partial charge is 0.437 e. The van der Waals surface area contributed by atoms with Crippen LogP contribution < -0.4 is 11.1 Å². The number of carbonyl (C=O) groups excluding carboxylic acids is 2. The van der Waals surface area contributed by atoms with Crippen molar-refractivity contribution in [2.24, 2.45) is 0 Å². The molecule has 0 aliphatic heterocycles. The van der Waals surface area contributed by atoms with E-state index in [1.54, 1.807) is 36.4 Å². The molecule has 0 saturated carbocycles. The average molecular weight is 429 g/mol. The molecule has 8 nitrogen and oxygen atoms in total. The summed E-state index contributed by atoms with van der Waals surface area (Å²) in [7, 11) is 0. The van der Waals surface area contributed by atoms with E-state index in [4.69, 9.17) is 9.15 Å². The van der Waals surface area contributed by atoms with Gasteiger partial charge in [0.1, 0.15) is 6.54 Å². The topological polar surface area (TPSA) is 103 Å². The lowest BCUT2D eigenvalue weighted by Gasteiger charge is -2.11. The highest BCUT2D eigenvalue weighted by atomic mass is 16.5. The molecule has 0 atom stereocenters. The van der Waals surface area contributed by atoms with Gasteiger partial charge in [-0.25, -0.2) is 4.79 Å². The fraction of sp³-hybridized carbons (Fsp3) is 0.0833. The lowest BCUT2D eigenvalue weighted by molar-refractivity contribution is -0.148. The number of aromatic nitrogens is 2. The largest absolute Gasteiger partial charge is 0.454 e. The molecule has 1 amide bonds. The van der Waals surface area contributed by atoms with Crippen molar-refractivity contribution in [3.8, 4) is 22.6 Å². The highest BCUT2D eigenvalue weighted by molar-refractivity contribution is 5.96. The van der Waals surface area contributed by atoms with Crippen molar-refractivity contribution >= 4 is 17.6 Å². The van der Waals surface area contributed by atoms with Gasteiger partial charge in [0.15, 0.2) is 6.61 Å². The molecule has 0 aliphatic rings. The van der Waals surface area contributed by atoms with Crippen LogP contribution in [-0.2, 0) is 20.9 Å². The Kier molecular flexibility index (Phi) is 6.22. The summed E-state index contributed by atoms with van der Waals surface area (Å²) in [5.41, 5.74) is 2.99. The number of benzene rings is 3. The minimum Gasteiger partial charge on any atom is -0.454 e. The maximum atomic E-state index is 12.3. The SMILES string of the molecule is O=C(COC(=O)Cn1nc(-c2ccccc2)oc1=O)Nc1ccccc1-c1ccccc1. The first-order chi connectivity index (χ1) is 15.6. The molecule has 8 heteroatoms. The third-order valence-electron chi connectivity index (χ3n) is 4.56. The van der Waals surface area contributed by atoms with Gasteiger partial charge in [0.2, 0.25) is 5.89 Å². The van der Waals surface area contributed by atoms with Crippen LogP contribution in [0.2, 0.25) is 0 Å². The molecule has 0 spiro atoms. The summed E-state index contributed by atoms with van der Waals surface area (Å²) in [5, 5.41) is 6.74. The van der Waals surface area contributed by atoms with Crippen LogP contribution in [0, 0.1) is 0 Å². The fourth-order valence-corrected chi connectivity index (χ4v) is 3.07. The second-order valence-electron chi connectivity index (χ2n) is 6.82. The Hall–Kier alpha value is -4.46. The van der Waals surface area contributed by atoms with Gasteiger partial charge in [0.25, 0.3) is 5.91 Å². The molecular weight excluding hydrogens is 410 g/mol. The van der Waals surface area contributed by atoms with Crippen molar-refractivity contribution in [2.75, 3.05) is 11.9 Å². The van der Waals surface area contributed by atoms with Crippen LogP contribution in [0.15, 0.2) is 94.1 Å². The van der Waals surface area contributed by atoms with E-state index in [-0.39, 0.29) is 5.89 Å². The van der Waals surface area contributed by atoms with Gasteiger partial charge in [-0.05, 0) is 23.8 Å². The quantitative estimate of drug-likeness (QED) is 0.452. The van der Waals surface area contributed by atoms with Crippen LogP contribution in [0.25, 0.3) is 22.6 Å². The second-order valence-corrected chi connectivity index (χ2v) is 6.82. The zero-order valence-electron chi connectivity index (χ0n) is 16.9. The van der Waals surface area contributed by atoms with Gasteiger partial charge in [-0.2, -0.15) is 4.68 Å². The van der Waals surface area contributed by atoms with Crippen molar-refractivity contribution in [1.29, 1.82) is 0 Å². The maximum absolute atomic E-state index is 12.3. The first kappa shape index (κ1) is 20.8. The second kappa shape index (κ2) is 9.57. The predicted octanol–water partition coefficient (Wildman–Crippen LogP) is 3.35. The van der Waals surface area contributed by atoms with Gasteiger partial charge in [0, 0.05) is 16.8 Å². The van der Waals surface area contributed by atoms with Gasteiger partial charge in [-0.3, -0.25) is 9.59 Å². The van der Waals surface area contributed by atoms with E-state index < -0.39 is 30.8 Å². The normalized spacial score (nSPS) is 10.5. The lowest BCUT2D eigenvalue weighted by Crippen LogP contribution is -2.26. The summed E-state index contributed by atoms with van der Waals surface area (Å²) in [5.74, 6) is -1.98. The van der Waals surface area contributed by atoms with Crippen LogP contribution in [0.5, 0.6) is 0 Å². The molecule has 0 aliphatic carbocycles. The van der Waals surface area contributed by atoms with Crippen LogP contribution in [0.3, 0.4) is 0 Å². The fourth-order valence-electron chi connectivity index (χ4n) is 3.07. The molecule has 0 radical (unpaired) electrons. The van der Waals surface area contributed by atoms with Gasteiger partial charge in [-0.15, -0.1) is 5.10 Å². The molecule has 4 aromatic rings. The number of para-hydroxylation sites is 1. The van der Waals surface area contributed by atoms with E-state index in [0.29, 0.717) is 11.3 Å². The Morgan fingerprint density at radius 3 is 2.22 bits per heavy atom. The minimum absolute atomic E-state index is 0.0960. The Morgan fingerprint density at radius 1 is 0.875 bits per heavy atom. The predicted molar refractivity (Wildman–Crippen MR) is 118 cm³/mol.